The molecule has 2 saturated carbocycles. The molecule has 80 valence electrons. The summed E-state index contributed by atoms with van der Waals surface area (Å²) in [4.78, 5) is 0. The maximum absolute atomic E-state index is 2.39. The summed E-state index contributed by atoms with van der Waals surface area (Å²) < 4.78 is 0. The Labute approximate surface area is 88.8 Å². The maximum Gasteiger partial charge on any atom is -0.00473 e. The van der Waals surface area contributed by atoms with E-state index < -0.39 is 0 Å². The molecule has 0 saturated heterocycles. The van der Waals surface area contributed by atoms with Gasteiger partial charge in [0.1, 0.15) is 0 Å². The van der Waals surface area contributed by atoms with E-state index in [-0.39, 0.29) is 0 Å². The molecule has 2 aliphatic rings. The monoisotopic (exact) mass is 192 g/mol. The van der Waals surface area contributed by atoms with Crippen LogP contribution in [0.4, 0.5) is 0 Å². The van der Waals surface area contributed by atoms with Crippen molar-refractivity contribution in [3.63, 3.8) is 0 Å². The first-order valence-corrected chi connectivity index (χ1v) is 5.75. The first-order chi connectivity index (χ1) is 5.99. The standard InChI is InChI=1S/C14H24/c1-11(2)9(12(11,3)4)10-13(5,6)14(10,7)8/h1-8H3. The minimum absolute atomic E-state index is 0.438. The van der Waals surface area contributed by atoms with Crippen molar-refractivity contribution in [3.05, 3.63) is 11.1 Å². The van der Waals surface area contributed by atoms with E-state index in [1.54, 1.807) is 11.1 Å². The lowest BCUT2D eigenvalue weighted by atomic mass is 10.0. The topological polar surface area (TPSA) is 0 Å². The van der Waals surface area contributed by atoms with E-state index in [2.05, 4.69) is 55.4 Å². The van der Waals surface area contributed by atoms with Crippen LogP contribution in [-0.4, -0.2) is 0 Å². The minimum atomic E-state index is 0.438. The molecule has 0 spiro atoms. The second-order valence-corrected chi connectivity index (χ2v) is 7.25. The fraction of sp³-hybridized carbons (Fsp3) is 0.857. The van der Waals surface area contributed by atoms with Crippen LogP contribution in [0, 0.1) is 21.7 Å². The van der Waals surface area contributed by atoms with Crippen molar-refractivity contribution < 1.29 is 0 Å². The largest absolute Gasteiger partial charge is 0.0569 e. The minimum Gasteiger partial charge on any atom is -0.0569 e. The molecule has 0 unspecified atom stereocenters. The number of rotatable bonds is 0. The summed E-state index contributed by atoms with van der Waals surface area (Å²) in [7, 11) is 0. The lowest BCUT2D eigenvalue weighted by molar-refractivity contribution is 0.457. The van der Waals surface area contributed by atoms with Gasteiger partial charge < -0.3 is 0 Å². The Bertz CT molecular complexity index is 269. The van der Waals surface area contributed by atoms with Crippen LogP contribution in [-0.2, 0) is 0 Å². The van der Waals surface area contributed by atoms with Crippen LogP contribution in [0.3, 0.4) is 0 Å². The molecule has 2 fully saturated rings. The van der Waals surface area contributed by atoms with Gasteiger partial charge in [-0.15, -0.1) is 0 Å². The summed E-state index contributed by atoms with van der Waals surface area (Å²) in [6.45, 7) is 19.1. The number of hydrogen-bond donors (Lipinski definition) is 0. The Hall–Kier alpha value is -0.260. The van der Waals surface area contributed by atoms with E-state index in [4.69, 9.17) is 0 Å². The second-order valence-electron chi connectivity index (χ2n) is 7.25. The van der Waals surface area contributed by atoms with Crippen LogP contribution in [0.2, 0.25) is 0 Å². The lowest BCUT2D eigenvalue weighted by Crippen LogP contribution is -1.95. The lowest BCUT2D eigenvalue weighted by Gasteiger charge is -2.02. The third-order valence-electron chi connectivity index (χ3n) is 5.75. The van der Waals surface area contributed by atoms with Crippen LogP contribution in [0.5, 0.6) is 0 Å². The zero-order chi connectivity index (χ0) is 11.2. The van der Waals surface area contributed by atoms with Gasteiger partial charge in [0, 0.05) is 0 Å². The third-order valence-corrected chi connectivity index (χ3v) is 5.75. The molecule has 0 heteroatoms. The van der Waals surface area contributed by atoms with E-state index in [1.807, 2.05) is 0 Å². The van der Waals surface area contributed by atoms with Crippen molar-refractivity contribution in [2.75, 3.05) is 0 Å². The summed E-state index contributed by atoms with van der Waals surface area (Å²) in [6.07, 6.45) is 0. The second kappa shape index (κ2) is 1.99. The fourth-order valence-corrected chi connectivity index (χ4v) is 3.31. The fourth-order valence-electron chi connectivity index (χ4n) is 3.31. The first kappa shape index (κ1) is 10.3. The molecule has 2 rings (SSSR count). The van der Waals surface area contributed by atoms with Gasteiger partial charge in [-0.05, 0) is 21.7 Å². The van der Waals surface area contributed by atoms with Crippen LogP contribution in [0.25, 0.3) is 0 Å². The predicted octanol–water partition coefficient (Wildman–Crippen LogP) is 4.42. The van der Waals surface area contributed by atoms with Gasteiger partial charge in [-0.3, -0.25) is 0 Å². The Kier molecular flexibility index (Phi) is 1.46. The average Bonchev–Trinajstić information content (AvgIpc) is 2.46. The molecule has 14 heavy (non-hydrogen) atoms. The molecule has 0 atom stereocenters. The van der Waals surface area contributed by atoms with Crippen LogP contribution in [0.1, 0.15) is 55.4 Å². The van der Waals surface area contributed by atoms with Gasteiger partial charge in [-0.2, -0.15) is 0 Å². The normalized spacial score (nSPS) is 34.3. The van der Waals surface area contributed by atoms with Crippen LogP contribution < -0.4 is 0 Å². The van der Waals surface area contributed by atoms with Crippen molar-refractivity contribution >= 4 is 0 Å². The third kappa shape index (κ3) is 0.777. The van der Waals surface area contributed by atoms with Crippen LogP contribution >= 0.6 is 0 Å². The summed E-state index contributed by atoms with van der Waals surface area (Å²) in [5.41, 5.74) is 5.22. The molecule has 0 aromatic heterocycles. The molecule has 2 aliphatic carbocycles. The smallest absolute Gasteiger partial charge is 0.00473 e. The molecule has 0 bridgehead atoms. The predicted molar refractivity (Wildman–Crippen MR) is 62.2 cm³/mol. The van der Waals surface area contributed by atoms with Gasteiger partial charge >= 0.3 is 0 Å². The summed E-state index contributed by atoms with van der Waals surface area (Å²) in [5, 5.41) is 0. The van der Waals surface area contributed by atoms with Gasteiger partial charge in [0.05, 0.1) is 0 Å². The molecule has 0 aromatic rings. The Morgan fingerprint density at radius 2 is 0.571 bits per heavy atom. The van der Waals surface area contributed by atoms with E-state index >= 15 is 0 Å². The van der Waals surface area contributed by atoms with E-state index in [9.17, 15) is 0 Å². The zero-order valence-corrected chi connectivity index (χ0v) is 11.0. The van der Waals surface area contributed by atoms with Crippen molar-refractivity contribution in [1.82, 2.24) is 0 Å². The summed E-state index contributed by atoms with van der Waals surface area (Å²) >= 11 is 0. The highest BCUT2D eigenvalue weighted by atomic mass is 14.7. The van der Waals surface area contributed by atoms with E-state index in [0.717, 1.165) is 0 Å². The molecule has 0 radical (unpaired) electrons. The molecule has 0 heterocycles. The van der Waals surface area contributed by atoms with Crippen molar-refractivity contribution in [2.24, 2.45) is 21.7 Å². The molecular weight excluding hydrogens is 168 g/mol. The zero-order valence-electron chi connectivity index (χ0n) is 11.0. The molecule has 0 N–H and O–H groups in total. The quantitative estimate of drug-likeness (QED) is 0.499. The van der Waals surface area contributed by atoms with Crippen molar-refractivity contribution in [2.45, 2.75) is 55.4 Å². The molecule has 0 aliphatic heterocycles. The highest BCUT2D eigenvalue weighted by Gasteiger charge is 2.71. The van der Waals surface area contributed by atoms with Gasteiger partial charge in [0.25, 0.3) is 0 Å². The SMILES string of the molecule is CC1(C)C(=C2C(C)(C)C2(C)C)C1(C)C. The Morgan fingerprint density at radius 3 is 0.643 bits per heavy atom. The molecule has 0 amide bonds. The highest BCUT2D eigenvalue weighted by molar-refractivity contribution is 5.57. The van der Waals surface area contributed by atoms with E-state index in [0.29, 0.717) is 21.7 Å². The first-order valence-electron chi connectivity index (χ1n) is 5.75. The number of hydrogen-bond acceptors (Lipinski definition) is 0. The Balaban J connectivity index is 2.51. The number of allylic oxidation sites excluding steroid dienone is 2. The molecule has 0 nitrogen and oxygen atoms in total. The van der Waals surface area contributed by atoms with Crippen molar-refractivity contribution in [1.29, 1.82) is 0 Å². The maximum atomic E-state index is 2.39. The molecular formula is C14H24. The average molecular weight is 192 g/mol. The van der Waals surface area contributed by atoms with Gasteiger partial charge in [0.15, 0.2) is 0 Å². The summed E-state index contributed by atoms with van der Waals surface area (Å²) in [5.74, 6) is 0. The van der Waals surface area contributed by atoms with Gasteiger partial charge in [-0.25, -0.2) is 0 Å². The molecule has 0 aromatic carbocycles. The van der Waals surface area contributed by atoms with Gasteiger partial charge in [0.2, 0.25) is 0 Å². The Morgan fingerprint density at radius 1 is 0.429 bits per heavy atom. The summed E-state index contributed by atoms with van der Waals surface area (Å²) in [6, 6.07) is 0. The highest BCUT2D eigenvalue weighted by Crippen LogP contribution is 2.80. The van der Waals surface area contributed by atoms with Crippen LogP contribution in [0.15, 0.2) is 11.1 Å². The van der Waals surface area contributed by atoms with Gasteiger partial charge in [-0.1, -0.05) is 66.5 Å². The van der Waals surface area contributed by atoms with E-state index in [1.165, 1.54) is 0 Å². The van der Waals surface area contributed by atoms with Crippen molar-refractivity contribution in [3.8, 4) is 0 Å².